The second kappa shape index (κ2) is 6.76. The van der Waals surface area contributed by atoms with Gasteiger partial charge in [-0.2, -0.15) is 0 Å². The maximum absolute atomic E-state index is 5.36. The Morgan fingerprint density at radius 1 is 1.24 bits per heavy atom. The summed E-state index contributed by atoms with van der Waals surface area (Å²) in [7, 11) is 0. The molecule has 0 nitrogen and oxygen atoms in total. The molecule has 0 N–H and O–H groups in total. The molecule has 0 aliphatic rings. The molecule has 0 heterocycles. The summed E-state index contributed by atoms with van der Waals surface area (Å²) >= 11 is 0. The van der Waals surface area contributed by atoms with Gasteiger partial charge in [0.15, 0.2) is 0 Å². The van der Waals surface area contributed by atoms with E-state index in [2.05, 4.69) is 44.0 Å². The molecule has 0 atom stereocenters. The van der Waals surface area contributed by atoms with Crippen molar-refractivity contribution in [1.29, 1.82) is 0 Å². The average molecular weight is 224 g/mol. The molecule has 17 heavy (non-hydrogen) atoms. The first-order chi connectivity index (χ1) is 8.26. The summed E-state index contributed by atoms with van der Waals surface area (Å²) in [4.78, 5) is 0. The molecule has 88 valence electrons. The number of hydrogen-bond donors (Lipinski definition) is 0. The molecule has 0 amide bonds. The summed E-state index contributed by atoms with van der Waals surface area (Å²) in [6.07, 6.45) is 13.4. The van der Waals surface area contributed by atoms with Crippen LogP contribution < -0.4 is 0 Å². The van der Waals surface area contributed by atoms with E-state index in [-0.39, 0.29) is 0 Å². The van der Waals surface area contributed by atoms with Gasteiger partial charge in [-0.1, -0.05) is 50.1 Å². The number of hydrogen-bond acceptors (Lipinski definition) is 0. The molecular formula is C17H20. The van der Waals surface area contributed by atoms with Gasteiger partial charge in [0.2, 0.25) is 0 Å². The highest BCUT2D eigenvalue weighted by atomic mass is 14.1. The zero-order chi connectivity index (χ0) is 12.7. The van der Waals surface area contributed by atoms with Gasteiger partial charge >= 0.3 is 0 Å². The SMILES string of the molecule is C#C/C=C(\C=C/C)c1ccc(CC)c(CC)c1. The lowest BCUT2D eigenvalue weighted by molar-refractivity contribution is 1.04. The van der Waals surface area contributed by atoms with Gasteiger partial charge in [0, 0.05) is 0 Å². The Hall–Kier alpha value is -1.74. The minimum absolute atomic E-state index is 1.07. The molecule has 0 saturated carbocycles. The summed E-state index contributed by atoms with van der Waals surface area (Å²) < 4.78 is 0. The fourth-order valence-electron chi connectivity index (χ4n) is 1.98. The number of aryl methyl sites for hydroxylation is 2. The van der Waals surface area contributed by atoms with E-state index in [4.69, 9.17) is 6.42 Å². The largest absolute Gasteiger partial charge is 0.115 e. The Bertz CT molecular complexity index is 467. The van der Waals surface area contributed by atoms with Crippen LogP contribution in [0.25, 0.3) is 5.57 Å². The van der Waals surface area contributed by atoms with Gasteiger partial charge in [0.25, 0.3) is 0 Å². The molecule has 0 bridgehead atoms. The Balaban J connectivity index is 3.23. The van der Waals surface area contributed by atoms with Gasteiger partial charge < -0.3 is 0 Å². The van der Waals surface area contributed by atoms with Gasteiger partial charge in [0.1, 0.15) is 0 Å². The van der Waals surface area contributed by atoms with Gasteiger partial charge in [-0.15, -0.1) is 6.42 Å². The molecule has 1 aromatic carbocycles. The molecule has 0 heteroatoms. The number of allylic oxidation sites excluding steroid dienone is 4. The van der Waals surface area contributed by atoms with Crippen LogP contribution in [0.3, 0.4) is 0 Å². The third-order valence-corrected chi connectivity index (χ3v) is 2.89. The molecule has 0 aliphatic carbocycles. The lowest BCUT2D eigenvalue weighted by Gasteiger charge is -2.09. The van der Waals surface area contributed by atoms with Crippen molar-refractivity contribution in [2.45, 2.75) is 33.6 Å². The molecular weight excluding hydrogens is 204 g/mol. The minimum atomic E-state index is 1.07. The van der Waals surface area contributed by atoms with Crippen LogP contribution in [0.2, 0.25) is 0 Å². The van der Waals surface area contributed by atoms with Crippen LogP contribution in [-0.2, 0) is 12.8 Å². The van der Waals surface area contributed by atoms with E-state index in [1.165, 1.54) is 16.7 Å². The van der Waals surface area contributed by atoms with E-state index < -0.39 is 0 Å². The van der Waals surface area contributed by atoms with E-state index in [0.717, 1.165) is 18.4 Å². The maximum Gasteiger partial charge on any atom is -0.00431 e. The van der Waals surface area contributed by atoms with Crippen LogP contribution in [-0.4, -0.2) is 0 Å². The van der Waals surface area contributed by atoms with Crippen molar-refractivity contribution in [2.75, 3.05) is 0 Å². The van der Waals surface area contributed by atoms with Crippen LogP contribution in [0.5, 0.6) is 0 Å². The summed E-state index contributed by atoms with van der Waals surface area (Å²) in [5.41, 5.74) is 5.15. The van der Waals surface area contributed by atoms with Crippen LogP contribution in [0.1, 0.15) is 37.5 Å². The van der Waals surface area contributed by atoms with Gasteiger partial charge in [-0.3, -0.25) is 0 Å². The van der Waals surface area contributed by atoms with Crippen molar-refractivity contribution >= 4 is 5.57 Å². The fraction of sp³-hybridized carbons (Fsp3) is 0.294. The quantitative estimate of drug-likeness (QED) is 0.525. The third kappa shape index (κ3) is 3.36. The Morgan fingerprint density at radius 2 is 1.94 bits per heavy atom. The zero-order valence-electron chi connectivity index (χ0n) is 11.0. The standard InChI is InChI=1S/C17H20/c1-5-9-16(10-6-2)17-12-11-14(7-3)15(8-4)13-17/h1,6,9-13H,7-8H2,2-4H3/b10-6-,16-9+. The van der Waals surface area contributed by atoms with Crippen LogP contribution in [0, 0.1) is 12.3 Å². The highest BCUT2D eigenvalue weighted by molar-refractivity contribution is 5.76. The topological polar surface area (TPSA) is 0 Å². The van der Waals surface area contributed by atoms with E-state index in [1.807, 2.05) is 19.1 Å². The Kier molecular flexibility index (Phi) is 5.30. The lowest BCUT2D eigenvalue weighted by Crippen LogP contribution is -1.93. The first kappa shape index (κ1) is 13.3. The van der Waals surface area contributed by atoms with E-state index in [9.17, 15) is 0 Å². The predicted molar refractivity (Wildman–Crippen MR) is 76.8 cm³/mol. The fourth-order valence-corrected chi connectivity index (χ4v) is 1.98. The normalized spacial score (nSPS) is 11.8. The summed E-state index contributed by atoms with van der Waals surface area (Å²) in [6.45, 7) is 6.39. The van der Waals surface area contributed by atoms with Crippen LogP contribution >= 0.6 is 0 Å². The monoisotopic (exact) mass is 224 g/mol. The summed E-state index contributed by atoms with van der Waals surface area (Å²) in [6, 6.07) is 6.62. The van der Waals surface area contributed by atoms with Crippen molar-refractivity contribution in [3.8, 4) is 12.3 Å². The highest BCUT2D eigenvalue weighted by Crippen LogP contribution is 2.21. The molecule has 0 saturated heterocycles. The van der Waals surface area contributed by atoms with Crippen LogP contribution in [0.4, 0.5) is 0 Å². The molecule has 0 aliphatic heterocycles. The van der Waals surface area contributed by atoms with Crippen molar-refractivity contribution in [1.82, 2.24) is 0 Å². The van der Waals surface area contributed by atoms with Crippen molar-refractivity contribution < 1.29 is 0 Å². The number of rotatable bonds is 4. The van der Waals surface area contributed by atoms with Crippen molar-refractivity contribution in [3.05, 3.63) is 53.1 Å². The molecule has 1 rings (SSSR count). The number of terminal acetylenes is 1. The van der Waals surface area contributed by atoms with Gasteiger partial charge in [-0.05, 0) is 48.1 Å². The molecule has 0 fully saturated rings. The summed E-state index contributed by atoms with van der Waals surface area (Å²) in [5, 5.41) is 0. The smallest absolute Gasteiger partial charge is 0.00431 e. The van der Waals surface area contributed by atoms with Crippen molar-refractivity contribution in [3.63, 3.8) is 0 Å². The lowest BCUT2D eigenvalue weighted by atomic mass is 9.96. The average Bonchev–Trinajstić information content (AvgIpc) is 2.37. The first-order valence-corrected chi connectivity index (χ1v) is 6.17. The number of benzene rings is 1. The second-order valence-corrected chi connectivity index (χ2v) is 3.96. The van der Waals surface area contributed by atoms with Crippen LogP contribution in [0.15, 0.2) is 36.4 Å². The van der Waals surface area contributed by atoms with Gasteiger partial charge in [0.05, 0.1) is 0 Å². The minimum Gasteiger partial charge on any atom is -0.115 e. The molecule has 0 unspecified atom stereocenters. The van der Waals surface area contributed by atoms with E-state index >= 15 is 0 Å². The molecule has 0 spiro atoms. The second-order valence-electron chi connectivity index (χ2n) is 3.96. The summed E-state index contributed by atoms with van der Waals surface area (Å²) in [5.74, 6) is 2.60. The Labute approximate surface area is 105 Å². The first-order valence-electron chi connectivity index (χ1n) is 6.17. The zero-order valence-corrected chi connectivity index (χ0v) is 11.0. The van der Waals surface area contributed by atoms with E-state index in [0.29, 0.717) is 0 Å². The van der Waals surface area contributed by atoms with E-state index in [1.54, 1.807) is 0 Å². The van der Waals surface area contributed by atoms with Crippen molar-refractivity contribution in [2.24, 2.45) is 0 Å². The Morgan fingerprint density at radius 3 is 2.47 bits per heavy atom. The molecule has 1 aromatic rings. The highest BCUT2D eigenvalue weighted by Gasteiger charge is 2.03. The predicted octanol–water partition coefficient (Wildman–Crippen LogP) is 4.40. The van der Waals surface area contributed by atoms with Gasteiger partial charge in [-0.25, -0.2) is 0 Å². The molecule has 0 aromatic heterocycles. The third-order valence-electron chi connectivity index (χ3n) is 2.89. The molecule has 0 radical (unpaired) electrons. The maximum atomic E-state index is 5.36.